The van der Waals surface area contributed by atoms with E-state index in [9.17, 15) is 58.2 Å². The second kappa shape index (κ2) is 33.9. The van der Waals surface area contributed by atoms with E-state index in [1.807, 2.05) is 0 Å². The Bertz CT molecular complexity index is 3090. The van der Waals surface area contributed by atoms with Crippen LogP contribution in [-0.2, 0) is 73.6 Å². The average Bonchev–Trinajstić information content (AvgIpc) is 3.74. The molecule has 0 bridgehead atoms. The number of amides is 10. The molecule has 0 aliphatic carbocycles. The van der Waals surface area contributed by atoms with Gasteiger partial charge in [-0.05, 0) is 84.3 Å². The van der Waals surface area contributed by atoms with Crippen molar-refractivity contribution < 1.29 is 58.2 Å². The van der Waals surface area contributed by atoms with Gasteiger partial charge in [0.1, 0.15) is 47.8 Å². The molecule has 0 aliphatic heterocycles. The van der Waals surface area contributed by atoms with Crippen LogP contribution in [0.1, 0.15) is 59.3 Å². The molecule has 0 fully saturated rings. The topological polar surface area (TPSA) is 383 Å². The van der Waals surface area contributed by atoms with Crippen molar-refractivity contribution in [1.29, 1.82) is 0 Å². The van der Waals surface area contributed by atoms with Crippen LogP contribution in [0.15, 0.2) is 170 Å². The van der Waals surface area contributed by atoms with Gasteiger partial charge in [-0.1, -0.05) is 146 Å². The molecule has 0 saturated heterocycles. The van der Waals surface area contributed by atoms with E-state index in [1.54, 1.807) is 146 Å². The lowest BCUT2D eigenvalue weighted by Crippen LogP contribution is -2.56. The number of phenols is 2. The van der Waals surface area contributed by atoms with Crippen LogP contribution in [0.5, 0.6) is 11.5 Å². The van der Waals surface area contributed by atoms with Crippen LogP contribution < -0.4 is 64.6 Å². The SMILES string of the molecule is C[C@@H](NC(=O)[C@@H](N)Cc1ccc(O)cc1)C(=O)N[C@@H](Cc1ccccc1)C(=O)NCC(=O)N[C@H](C(=O)NCCNC(=O)[C@@H](NC(=O)CNC(=O)[C@H](Cc1ccccc1)NC(=O)[C@@H](C)NC(=O)[C@@H](N)Cc1ccc(O)cc1)c1ccccc1)c1ccccc1. The van der Waals surface area contributed by atoms with Gasteiger partial charge in [0.2, 0.25) is 59.1 Å². The maximum absolute atomic E-state index is 13.8. The number of nitrogens with two attached hydrogens (primary N) is 2. The number of carbonyl (C=O) groups excluding carboxylic acids is 10. The highest BCUT2D eigenvalue weighted by Crippen LogP contribution is 2.16. The Hall–Kier alpha value is -10.5. The Morgan fingerprint density at radius 3 is 0.977 bits per heavy atom. The van der Waals surface area contributed by atoms with Crippen LogP contribution in [0.25, 0.3) is 0 Å². The second-order valence-electron chi connectivity index (χ2n) is 20.8. The van der Waals surface area contributed by atoms with Gasteiger partial charge in [0, 0.05) is 25.9 Å². The monoisotopic (exact) mass is 1200 g/mol. The summed E-state index contributed by atoms with van der Waals surface area (Å²) in [4.78, 5) is 135. The summed E-state index contributed by atoms with van der Waals surface area (Å²) in [6.45, 7) is 1.31. The van der Waals surface area contributed by atoms with Crippen LogP contribution in [0.4, 0.5) is 0 Å². The van der Waals surface area contributed by atoms with E-state index in [1.165, 1.54) is 38.1 Å². The molecule has 0 radical (unpaired) electrons. The molecule has 6 rings (SSSR count). The summed E-state index contributed by atoms with van der Waals surface area (Å²) >= 11 is 0. The first-order valence-electron chi connectivity index (χ1n) is 28.4. The maximum atomic E-state index is 13.8. The highest BCUT2D eigenvalue weighted by atomic mass is 16.3. The Labute approximate surface area is 508 Å². The molecule has 462 valence electrons. The Kier molecular flexibility index (Phi) is 25.7. The van der Waals surface area contributed by atoms with E-state index in [-0.39, 0.29) is 50.3 Å². The third-order valence-corrected chi connectivity index (χ3v) is 13.8. The fraction of sp³-hybridized carbons (Fsp3) is 0.281. The minimum Gasteiger partial charge on any atom is -0.508 e. The molecular formula is C64H74N12O12. The number of nitrogens with one attached hydrogen (secondary N) is 10. The van der Waals surface area contributed by atoms with Crippen molar-refractivity contribution in [2.75, 3.05) is 26.2 Å². The summed E-state index contributed by atoms with van der Waals surface area (Å²) in [5.41, 5.74) is 15.7. The van der Waals surface area contributed by atoms with Gasteiger partial charge < -0.3 is 74.8 Å². The van der Waals surface area contributed by atoms with Crippen molar-refractivity contribution in [1.82, 2.24) is 53.2 Å². The number of aromatic hydroxyl groups is 2. The molecule has 24 heteroatoms. The van der Waals surface area contributed by atoms with Crippen LogP contribution in [0.3, 0.4) is 0 Å². The van der Waals surface area contributed by atoms with Gasteiger partial charge in [0.05, 0.1) is 25.2 Å². The van der Waals surface area contributed by atoms with Crippen molar-refractivity contribution in [3.63, 3.8) is 0 Å². The first-order valence-corrected chi connectivity index (χ1v) is 28.4. The van der Waals surface area contributed by atoms with E-state index >= 15 is 0 Å². The molecular weight excluding hydrogens is 1130 g/mol. The molecule has 16 N–H and O–H groups in total. The zero-order chi connectivity index (χ0) is 63.5. The second-order valence-corrected chi connectivity index (χ2v) is 20.8. The third-order valence-electron chi connectivity index (χ3n) is 13.8. The zero-order valence-corrected chi connectivity index (χ0v) is 48.6. The standard InChI is InChI=1S/C64H74N12O12/c1-39(71-59(83)49(65)33-43-23-27-47(77)28-24-43)57(81)73-51(35-41-15-7-3-8-16-41)61(85)69-37-53(79)75-55(45-19-11-5-12-20-45)63(87)67-31-32-68-64(88)56(46-21-13-6-14-22-46)76-54(80)38-70-62(86)52(36-42-17-9-4-10-18-42)74-58(82)40(2)72-60(84)50(66)34-44-25-29-48(78)30-26-44/h3-30,39-40,49-52,55-56,77-78H,31-38,65-66H2,1-2H3,(H,67,87)(H,68,88)(H,69,85)(H,70,86)(H,71,83)(H,72,84)(H,73,81)(H,74,82)(H,75,79)(H,76,80)/t39-,40-,49+,50+,51+,52+,55+,56+/m1/s1. The first-order chi connectivity index (χ1) is 42.2. The van der Waals surface area contributed by atoms with Crippen molar-refractivity contribution in [2.24, 2.45) is 11.5 Å². The molecule has 0 spiro atoms. The smallest absolute Gasteiger partial charge is 0.247 e. The summed E-state index contributed by atoms with van der Waals surface area (Å²) in [5, 5.41) is 45.3. The quantitative estimate of drug-likeness (QED) is 0.0259. The predicted octanol–water partition coefficient (Wildman–Crippen LogP) is 0.182. The minimum atomic E-state index is -1.28. The Balaban J connectivity index is 1.01. The van der Waals surface area contributed by atoms with Crippen molar-refractivity contribution in [2.45, 2.75) is 87.9 Å². The third kappa shape index (κ3) is 21.9. The molecule has 8 atom stereocenters. The molecule has 6 aromatic carbocycles. The summed E-state index contributed by atoms with van der Waals surface area (Å²) in [7, 11) is 0. The minimum absolute atomic E-state index is 0.00952. The van der Waals surface area contributed by atoms with Gasteiger partial charge in [0.25, 0.3) is 0 Å². The summed E-state index contributed by atoms with van der Waals surface area (Å²) < 4.78 is 0. The normalized spacial score (nSPS) is 13.5. The number of phenolic OH excluding ortho intramolecular Hbond substituents is 2. The number of hydrogen-bond donors (Lipinski definition) is 14. The van der Waals surface area contributed by atoms with Crippen LogP contribution in [-0.4, -0.2) is 132 Å². The summed E-state index contributed by atoms with van der Waals surface area (Å²) in [5.74, 6) is -6.94. The molecule has 88 heavy (non-hydrogen) atoms. The fourth-order valence-electron chi connectivity index (χ4n) is 8.91. The average molecular weight is 1200 g/mol. The Morgan fingerprint density at radius 2 is 0.648 bits per heavy atom. The predicted molar refractivity (Wildman–Crippen MR) is 326 cm³/mol. The van der Waals surface area contributed by atoms with Crippen molar-refractivity contribution in [3.8, 4) is 11.5 Å². The lowest BCUT2D eigenvalue weighted by atomic mass is 10.0. The van der Waals surface area contributed by atoms with Gasteiger partial charge >= 0.3 is 0 Å². The molecule has 0 aromatic heterocycles. The number of hydrogen-bond acceptors (Lipinski definition) is 14. The highest BCUT2D eigenvalue weighted by molar-refractivity contribution is 5.97. The molecule has 0 aliphatic rings. The Morgan fingerprint density at radius 1 is 0.341 bits per heavy atom. The molecule has 6 aromatic rings. The van der Waals surface area contributed by atoms with E-state index in [4.69, 9.17) is 11.5 Å². The van der Waals surface area contributed by atoms with E-state index in [0.717, 1.165) is 0 Å². The zero-order valence-electron chi connectivity index (χ0n) is 48.6. The van der Waals surface area contributed by atoms with Gasteiger partial charge in [-0.15, -0.1) is 0 Å². The lowest BCUT2D eigenvalue weighted by molar-refractivity contribution is -0.133. The van der Waals surface area contributed by atoms with Gasteiger partial charge in [-0.2, -0.15) is 0 Å². The van der Waals surface area contributed by atoms with E-state index in [2.05, 4.69) is 53.2 Å². The lowest BCUT2D eigenvalue weighted by Gasteiger charge is -2.23. The molecule has 10 amide bonds. The highest BCUT2D eigenvalue weighted by Gasteiger charge is 2.30. The first kappa shape index (κ1) is 66.7. The van der Waals surface area contributed by atoms with Gasteiger partial charge in [-0.25, -0.2) is 0 Å². The largest absolute Gasteiger partial charge is 0.508 e. The van der Waals surface area contributed by atoms with Crippen LogP contribution >= 0.6 is 0 Å². The van der Waals surface area contributed by atoms with E-state index in [0.29, 0.717) is 33.4 Å². The number of rotatable bonds is 31. The van der Waals surface area contributed by atoms with E-state index < -0.39 is 120 Å². The summed E-state index contributed by atoms with van der Waals surface area (Å²) in [6.07, 6.45) is 0.267. The van der Waals surface area contributed by atoms with Crippen LogP contribution in [0.2, 0.25) is 0 Å². The number of carbonyl (C=O) groups is 10. The number of benzene rings is 6. The summed E-state index contributed by atoms with van der Waals surface area (Å²) in [6, 6.07) is 37.0. The van der Waals surface area contributed by atoms with Gasteiger partial charge in [-0.3, -0.25) is 47.9 Å². The maximum Gasteiger partial charge on any atom is 0.247 e. The fourth-order valence-corrected chi connectivity index (χ4v) is 8.91. The molecule has 0 heterocycles. The molecule has 0 unspecified atom stereocenters. The van der Waals surface area contributed by atoms with Crippen LogP contribution in [0, 0.1) is 0 Å². The van der Waals surface area contributed by atoms with Crippen molar-refractivity contribution in [3.05, 3.63) is 203 Å². The van der Waals surface area contributed by atoms with Crippen molar-refractivity contribution >= 4 is 59.1 Å². The molecule has 24 nitrogen and oxygen atoms in total. The van der Waals surface area contributed by atoms with Gasteiger partial charge in [0.15, 0.2) is 0 Å². The molecule has 0 saturated carbocycles.